The lowest BCUT2D eigenvalue weighted by atomic mass is 9.96. The fraction of sp³-hybridized carbons (Fsp3) is 0.545. The van der Waals surface area contributed by atoms with Crippen molar-refractivity contribution in [3.05, 3.63) is 46.1 Å². The Morgan fingerprint density at radius 3 is 2.57 bits per heavy atom. The second-order valence-corrected chi connectivity index (χ2v) is 8.54. The minimum atomic E-state index is -0.392. The van der Waals surface area contributed by atoms with Gasteiger partial charge in [-0.15, -0.1) is 0 Å². The predicted octanol–water partition coefficient (Wildman–Crippen LogP) is 4.79. The van der Waals surface area contributed by atoms with Gasteiger partial charge in [0.2, 0.25) is 0 Å². The van der Waals surface area contributed by atoms with Crippen LogP contribution in [0.5, 0.6) is 0 Å². The molecule has 0 radical (unpaired) electrons. The van der Waals surface area contributed by atoms with Crippen LogP contribution in [0.25, 0.3) is 0 Å². The first-order chi connectivity index (χ1) is 14.5. The Morgan fingerprint density at radius 2 is 1.87 bits per heavy atom. The van der Waals surface area contributed by atoms with Crippen LogP contribution in [0, 0.1) is 16.0 Å². The average molecular weight is 412 g/mol. The van der Waals surface area contributed by atoms with Crippen LogP contribution in [0.3, 0.4) is 0 Å². The lowest BCUT2D eigenvalue weighted by Gasteiger charge is -2.31. The molecule has 0 unspecified atom stereocenters. The van der Waals surface area contributed by atoms with E-state index in [9.17, 15) is 14.9 Å². The van der Waals surface area contributed by atoms with Crippen molar-refractivity contribution in [2.75, 3.05) is 23.3 Å². The molecule has 1 amide bonds. The summed E-state index contributed by atoms with van der Waals surface area (Å²) in [4.78, 5) is 26.2. The number of carbonyl (C=O) groups is 1. The van der Waals surface area contributed by atoms with Gasteiger partial charge in [0.1, 0.15) is 11.5 Å². The number of anilines is 2. The summed E-state index contributed by atoms with van der Waals surface area (Å²) in [5, 5.41) is 19.0. The molecule has 1 N–H and O–H groups in total. The Labute approximate surface area is 176 Å². The number of piperidine rings is 1. The highest BCUT2D eigenvalue weighted by atomic mass is 16.6. The summed E-state index contributed by atoms with van der Waals surface area (Å²) in [6.45, 7) is 3.81. The summed E-state index contributed by atoms with van der Waals surface area (Å²) in [5.41, 5.74) is 0.862. The molecule has 2 aromatic rings. The summed E-state index contributed by atoms with van der Waals surface area (Å²) in [5.74, 6) is 0.928. The summed E-state index contributed by atoms with van der Waals surface area (Å²) in [7, 11) is 0. The molecule has 4 rings (SSSR count). The Bertz CT molecular complexity index is 911. The third-order valence-corrected chi connectivity index (χ3v) is 6.39. The molecule has 0 spiro atoms. The van der Waals surface area contributed by atoms with E-state index < -0.39 is 4.92 Å². The van der Waals surface area contributed by atoms with E-state index in [2.05, 4.69) is 22.2 Å². The third-order valence-electron chi connectivity index (χ3n) is 6.39. The third kappa shape index (κ3) is 4.32. The largest absolute Gasteiger partial charge is 0.366 e. The number of hydrogen-bond donors (Lipinski definition) is 1. The van der Waals surface area contributed by atoms with E-state index in [-0.39, 0.29) is 17.2 Å². The van der Waals surface area contributed by atoms with E-state index in [0.717, 1.165) is 38.8 Å². The SMILES string of the molecule is CC1CCN(c2ccc(C(=O)Nc3ccnn3C3CCCCC3)cc2[N+](=O)[O-])CC1. The van der Waals surface area contributed by atoms with Gasteiger partial charge in [-0.25, -0.2) is 4.68 Å². The summed E-state index contributed by atoms with van der Waals surface area (Å²) in [6, 6.07) is 6.86. The van der Waals surface area contributed by atoms with Crippen LogP contribution >= 0.6 is 0 Å². The van der Waals surface area contributed by atoms with Crippen LogP contribution in [-0.2, 0) is 0 Å². The van der Waals surface area contributed by atoms with Crippen molar-refractivity contribution in [1.82, 2.24) is 9.78 Å². The number of nitrogens with one attached hydrogen (secondary N) is 1. The molecule has 1 aromatic carbocycles. The van der Waals surface area contributed by atoms with Crippen molar-refractivity contribution in [3.8, 4) is 0 Å². The van der Waals surface area contributed by atoms with Gasteiger partial charge in [-0.05, 0) is 43.7 Å². The molecule has 0 atom stereocenters. The molecule has 1 saturated heterocycles. The Balaban J connectivity index is 1.53. The maximum atomic E-state index is 12.9. The molecule has 1 aliphatic heterocycles. The molecule has 8 heteroatoms. The van der Waals surface area contributed by atoms with Crippen molar-refractivity contribution in [3.63, 3.8) is 0 Å². The van der Waals surface area contributed by atoms with Crippen molar-refractivity contribution < 1.29 is 9.72 Å². The smallest absolute Gasteiger partial charge is 0.293 e. The first kappa shape index (κ1) is 20.4. The molecular formula is C22H29N5O3. The van der Waals surface area contributed by atoms with E-state index in [0.29, 0.717) is 23.5 Å². The molecule has 30 heavy (non-hydrogen) atoms. The number of carbonyl (C=O) groups excluding carboxylic acids is 1. The van der Waals surface area contributed by atoms with Crippen molar-refractivity contribution >= 4 is 23.1 Å². The molecule has 1 aromatic heterocycles. The molecule has 0 bridgehead atoms. The first-order valence-corrected chi connectivity index (χ1v) is 10.9. The van der Waals surface area contributed by atoms with Gasteiger partial charge in [0.15, 0.2) is 0 Å². The second-order valence-electron chi connectivity index (χ2n) is 8.54. The molecule has 160 valence electrons. The van der Waals surface area contributed by atoms with Crippen molar-refractivity contribution in [2.24, 2.45) is 5.92 Å². The molecule has 2 heterocycles. The first-order valence-electron chi connectivity index (χ1n) is 10.9. The van der Waals surface area contributed by atoms with Gasteiger partial charge < -0.3 is 10.2 Å². The summed E-state index contributed by atoms with van der Waals surface area (Å²) >= 11 is 0. The number of nitrogens with zero attached hydrogens (tertiary/aromatic N) is 4. The Kier molecular flexibility index (Phi) is 6.01. The van der Waals surface area contributed by atoms with Gasteiger partial charge in [0.05, 0.1) is 17.2 Å². The fourth-order valence-electron chi connectivity index (χ4n) is 4.55. The van der Waals surface area contributed by atoms with Crippen LogP contribution < -0.4 is 10.2 Å². The normalized spacial score (nSPS) is 18.4. The van der Waals surface area contributed by atoms with Crippen LogP contribution in [-0.4, -0.2) is 33.7 Å². The highest BCUT2D eigenvalue weighted by molar-refractivity contribution is 6.04. The molecule has 1 aliphatic carbocycles. The minimum absolute atomic E-state index is 0.0157. The standard InChI is InChI=1S/C22H29N5O3/c1-16-10-13-25(14-11-16)19-8-7-17(15-20(19)27(29)30)22(28)24-21-9-12-23-26(21)18-5-3-2-4-6-18/h7-9,12,15-16,18H,2-6,10-11,13-14H2,1H3,(H,24,28). The highest BCUT2D eigenvalue weighted by Gasteiger charge is 2.25. The lowest BCUT2D eigenvalue weighted by Crippen LogP contribution is -2.33. The number of amides is 1. The van der Waals surface area contributed by atoms with Gasteiger partial charge in [-0.3, -0.25) is 14.9 Å². The zero-order chi connectivity index (χ0) is 21.1. The average Bonchev–Trinajstić information content (AvgIpc) is 3.22. The van der Waals surface area contributed by atoms with Gasteiger partial charge in [0, 0.05) is 30.8 Å². The maximum absolute atomic E-state index is 12.9. The summed E-state index contributed by atoms with van der Waals surface area (Å²) in [6.07, 6.45) is 9.41. The van der Waals surface area contributed by atoms with Gasteiger partial charge >= 0.3 is 0 Å². The second kappa shape index (κ2) is 8.85. The highest BCUT2D eigenvalue weighted by Crippen LogP contribution is 2.33. The Morgan fingerprint density at radius 1 is 1.13 bits per heavy atom. The predicted molar refractivity (Wildman–Crippen MR) is 116 cm³/mol. The number of rotatable bonds is 5. The summed E-state index contributed by atoms with van der Waals surface area (Å²) < 4.78 is 1.88. The van der Waals surface area contributed by atoms with Crippen molar-refractivity contribution in [2.45, 2.75) is 57.9 Å². The van der Waals surface area contributed by atoms with E-state index in [1.165, 1.54) is 25.3 Å². The van der Waals surface area contributed by atoms with Crippen LogP contribution in [0.4, 0.5) is 17.2 Å². The number of nitro benzene ring substituents is 1. The number of benzene rings is 1. The van der Waals surface area contributed by atoms with Crippen LogP contribution in [0.1, 0.15) is 68.3 Å². The Hall–Kier alpha value is -2.90. The number of aromatic nitrogens is 2. The van der Waals surface area contributed by atoms with Crippen LogP contribution in [0.2, 0.25) is 0 Å². The van der Waals surface area contributed by atoms with E-state index in [1.54, 1.807) is 24.4 Å². The maximum Gasteiger partial charge on any atom is 0.293 e. The van der Waals surface area contributed by atoms with Gasteiger partial charge in [0.25, 0.3) is 11.6 Å². The monoisotopic (exact) mass is 411 g/mol. The molecule has 2 fully saturated rings. The van der Waals surface area contributed by atoms with E-state index in [4.69, 9.17) is 0 Å². The van der Waals surface area contributed by atoms with E-state index in [1.807, 2.05) is 4.68 Å². The lowest BCUT2D eigenvalue weighted by molar-refractivity contribution is -0.384. The van der Waals surface area contributed by atoms with E-state index >= 15 is 0 Å². The topological polar surface area (TPSA) is 93.3 Å². The quantitative estimate of drug-likeness (QED) is 0.564. The van der Waals surface area contributed by atoms with Crippen molar-refractivity contribution in [1.29, 1.82) is 0 Å². The van der Waals surface area contributed by atoms with Gasteiger partial charge in [-0.2, -0.15) is 5.10 Å². The number of nitro groups is 1. The molecule has 8 nitrogen and oxygen atoms in total. The zero-order valence-electron chi connectivity index (χ0n) is 17.4. The molecule has 1 saturated carbocycles. The number of hydrogen-bond acceptors (Lipinski definition) is 5. The van der Waals surface area contributed by atoms with Crippen LogP contribution in [0.15, 0.2) is 30.5 Å². The zero-order valence-corrected chi connectivity index (χ0v) is 17.4. The minimum Gasteiger partial charge on any atom is -0.366 e. The molecular weight excluding hydrogens is 382 g/mol. The van der Waals surface area contributed by atoms with Gasteiger partial charge in [-0.1, -0.05) is 26.2 Å². The fourth-order valence-corrected chi connectivity index (χ4v) is 4.55. The molecule has 2 aliphatic rings.